The number of hydrogen-bond donors (Lipinski definition) is 0. The number of hydrogen-bond acceptors (Lipinski definition) is 5. The average Bonchev–Trinajstić information content (AvgIpc) is 3.01. The largest absolute Gasteiger partial charge is 0.346 e. The summed E-state index contributed by atoms with van der Waals surface area (Å²) in [6, 6.07) is 2.01. The lowest BCUT2D eigenvalue weighted by Crippen LogP contribution is -2.04. The Labute approximate surface area is 91.7 Å². The monoisotopic (exact) mass is 228 g/mol. The minimum Gasteiger partial charge on any atom is -0.346 e. The summed E-state index contributed by atoms with van der Waals surface area (Å²) in [5.74, 6) is 0. The van der Waals surface area contributed by atoms with E-state index in [1.54, 1.807) is 11.3 Å². The van der Waals surface area contributed by atoms with Crippen molar-refractivity contribution in [2.45, 2.75) is 12.6 Å². The first-order chi connectivity index (χ1) is 7.45. The molecule has 82 valence electrons. The molecule has 0 aromatic carbocycles. The number of ether oxygens (including phenoxy) is 4. The van der Waals surface area contributed by atoms with Crippen LogP contribution < -0.4 is 0 Å². The first kappa shape index (κ1) is 9.74. The van der Waals surface area contributed by atoms with Crippen LogP contribution in [0.1, 0.15) is 23.0 Å². The Balaban J connectivity index is 1.84. The standard InChI is InChI=1S/C10H12O4S/c1-6-15-8(10-13-4-5-14-10)7(1)9-11-2-3-12-9/h1,6,9-10H,2-5H2. The van der Waals surface area contributed by atoms with Crippen LogP contribution >= 0.6 is 11.3 Å². The van der Waals surface area contributed by atoms with Crippen LogP contribution in [0.3, 0.4) is 0 Å². The zero-order chi connectivity index (χ0) is 10.1. The third-order valence-electron chi connectivity index (χ3n) is 2.44. The molecule has 5 heteroatoms. The molecule has 0 unspecified atom stereocenters. The maximum Gasteiger partial charge on any atom is 0.193 e. The van der Waals surface area contributed by atoms with Crippen molar-refractivity contribution in [3.05, 3.63) is 21.9 Å². The van der Waals surface area contributed by atoms with Gasteiger partial charge in [-0.05, 0) is 11.4 Å². The predicted octanol–water partition coefficient (Wildman–Crippen LogP) is 1.84. The maximum atomic E-state index is 5.47. The molecule has 2 fully saturated rings. The summed E-state index contributed by atoms with van der Waals surface area (Å²) in [7, 11) is 0. The molecule has 0 saturated carbocycles. The summed E-state index contributed by atoms with van der Waals surface area (Å²) in [6.45, 7) is 2.64. The highest BCUT2D eigenvalue weighted by atomic mass is 32.1. The van der Waals surface area contributed by atoms with Crippen molar-refractivity contribution in [3.8, 4) is 0 Å². The van der Waals surface area contributed by atoms with Crippen LogP contribution in [0.15, 0.2) is 11.4 Å². The Kier molecular flexibility index (Phi) is 2.72. The van der Waals surface area contributed by atoms with Crippen LogP contribution in [-0.2, 0) is 18.9 Å². The lowest BCUT2D eigenvalue weighted by atomic mass is 10.2. The Morgan fingerprint density at radius 1 is 0.933 bits per heavy atom. The first-order valence-electron chi connectivity index (χ1n) is 4.99. The smallest absolute Gasteiger partial charge is 0.193 e. The third-order valence-corrected chi connectivity index (χ3v) is 3.39. The molecule has 0 atom stereocenters. The van der Waals surface area contributed by atoms with Gasteiger partial charge in [-0.2, -0.15) is 0 Å². The molecule has 0 radical (unpaired) electrons. The Morgan fingerprint density at radius 3 is 2.20 bits per heavy atom. The molecule has 1 aromatic rings. The van der Waals surface area contributed by atoms with E-state index < -0.39 is 0 Å². The van der Waals surface area contributed by atoms with Gasteiger partial charge in [0.2, 0.25) is 0 Å². The molecule has 2 aliphatic rings. The van der Waals surface area contributed by atoms with Crippen molar-refractivity contribution in [1.82, 2.24) is 0 Å². The summed E-state index contributed by atoms with van der Waals surface area (Å²) in [5, 5.41) is 2.01. The van der Waals surface area contributed by atoms with Crippen LogP contribution in [0.25, 0.3) is 0 Å². The molecule has 0 bridgehead atoms. The summed E-state index contributed by atoms with van der Waals surface area (Å²) < 4.78 is 21.9. The molecule has 0 spiro atoms. The number of rotatable bonds is 2. The molecule has 4 nitrogen and oxygen atoms in total. The fraction of sp³-hybridized carbons (Fsp3) is 0.600. The van der Waals surface area contributed by atoms with Gasteiger partial charge in [0.25, 0.3) is 0 Å². The van der Waals surface area contributed by atoms with E-state index in [1.165, 1.54) is 0 Å². The minimum atomic E-state index is -0.237. The second-order valence-corrected chi connectivity index (χ2v) is 4.33. The highest BCUT2D eigenvalue weighted by Crippen LogP contribution is 2.36. The van der Waals surface area contributed by atoms with Crippen molar-refractivity contribution in [1.29, 1.82) is 0 Å². The number of thiophene rings is 1. The van der Waals surface area contributed by atoms with Gasteiger partial charge in [-0.3, -0.25) is 0 Å². The van der Waals surface area contributed by atoms with E-state index in [1.807, 2.05) is 11.4 Å². The third kappa shape index (κ3) is 1.81. The van der Waals surface area contributed by atoms with Crippen molar-refractivity contribution in [2.24, 2.45) is 0 Å². The average molecular weight is 228 g/mol. The zero-order valence-electron chi connectivity index (χ0n) is 8.18. The van der Waals surface area contributed by atoms with Gasteiger partial charge in [-0.25, -0.2) is 0 Å². The topological polar surface area (TPSA) is 36.9 Å². The molecule has 2 aliphatic heterocycles. The lowest BCUT2D eigenvalue weighted by molar-refractivity contribution is -0.0613. The van der Waals surface area contributed by atoms with Crippen molar-refractivity contribution in [2.75, 3.05) is 26.4 Å². The molecular formula is C10H12O4S. The van der Waals surface area contributed by atoms with Gasteiger partial charge in [-0.15, -0.1) is 11.3 Å². The van der Waals surface area contributed by atoms with E-state index in [0.717, 1.165) is 10.4 Å². The van der Waals surface area contributed by atoms with E-state index in [4.69, 9.17) is 18.9 Å². The SMILES string of the molecule is c1cc(C2OCCO2)c(C2OCCO2)s1. The van der Waals surface area contributed by atoms with Gasteiger partial charge in [0.1, 0.15) is 0 Å². The maximum absolute atomic E-state index is 5.47. The normalized spacial score (nSPS) is 24.0. The van der Waals surface area contributed by atoms with Crippen LogP contribution in [-0.4, -0.2) is 26.4 Å². The Hall–Kier alpha value is -0.460. The van der Waals surface area contributed by atoms with E-state index in [0.29, 0.717) is 26.4 Å². The summed E-state index contributed by atoms with van der Waals surface area (Å²) in [6.07, 6.45) is -0.466. The minimum absolute atomic E-state index is 0.229. The highest BCUT2D eigenvalue weighted by molar-refractivity contribution is 7.10. The Bertz CT molecular complexity index is 295. The summed E-state index contributed by atoms with van der Waals surface area (Å²) in [5.41, 5.74) is 1.05. The second kappa shape index (κ2) is 4.19. The van der Waals surface area contributed by atoms with Gasteiger partial charge in [0.15, 0.2) is 12.6 Å². The van der Waals surface area contributed by atoms with Gasteiger partial charge >= 0.3 is 0 Å². The van der Waals surface area contributed by atoms with E-state index >= 15 is 0 Å². The molecule has 0 N–H and O–H groups in total. The fourth-order valence-corrected chi connectivity index (χ4v) is 2.67. The zero-order valence-corrected chi connectivity index (χ0v) is 9.00. The van der Waals surface area contributed by atoms with Gasteiger partial charge in [0.05, 0.1) is 31.3 Å². The molecule has 3 heterocycles. The summed E-state index contributed by atoms with van der Waals surface area (Å²) in [4.78, 5) is 1.07. The van der Waals surface area contributed by atoms with Gasteiger partial charge < -0.3 is 18.9 Å². The van der Waals surface area contributed by atoms with Crippen LogP contribution in [0.4, 0.5) is 0 Å². The molecule has 0 amide bonds. The molecule has 2 saturated heterocycles. The van der Waals surface area contributed by atoms with Crippen molar-refractivity contribution in [3.63, 3.8) is 0 Å². The quantitative estimate of drug-likeness (QED) is 0.774. The van der Waals surface area contributed by atoms with E-state index in [2.05, 4.69) is 0 Å². The van der Waals surface area contributed by atoms with Crippen LogP contribution in [0.2, 0.25) is 0 Å². The van der Waals surface area contributed by atoms with Crippen LogP contribution in [0, 0.1) is 0 Å². The molecular weight excluding hydrogens is 216 g/mol. The molecule has 1 aromatic heterocycles. The molecule has 3 rings (SSSR count). The molecule has 0 aliphatic carbocycles. The van der Waals surface area contributed by atoms with Gasteiger partial charge in [-0.1, -0.05) is 0 Å². The molecule has 15 heavy (non-hydrogen) atoms. The van der Waals surface area contributed by atoms with E-state index in [9.17, 15) is 0 Å². The van der Waals surface area contributed by atoms with Gasteiger partial charge in [0, 0.05) is 5.56 Å². The Morgan fingerprint density at radius 2 is 1.53 bits per heavy atom. The van der Waals surface area contributed by atoms with E-state index in [-0.39, 0.29) is 12.6 Å². The summed E-state index contributed by atoms with van der Waals surface area (Å²) >= 11 is 1.62. The fourth-order valence-electron chi connectivity index (χ4n) is 1.76. The first-order valence-corrected chi connectivity index (χ1v) is 5.87. The van der Waals surface area contributed by atoms with Crippen molar-refractivity contribution >= 4 is 11.3 Å². The second-order valence-electron chi connectivity index (χ2n) is 3.39. The lowest BCUT2D eigenvalue weighted by Gasteiger charge is -2.13. The highest BCUT2D eigenvalue weighted by Gasteiger charge is 2.28. The van der Waals surface area contributed by atoms with Crippen LogP contribution in [0.5, 0.6) is 0 Å². The van der Waals surface area contributed by atoms with Crippen molar-refractivity contribution < 1.29 is 18.9 Å². The predicted molar refractivity (Wildman–Crippen MR) is 53.6 cm³/mol.